The highest BCUT2D eigenvalue weighted by Crippen LogP contribution is 2.22. The Morgan fingerprint density at radius 1 is 0.471 bits per heavy atom. The first-order valence-corrected chi connectivity index (χ1v) is 15.6. The van der Waals surface area contributed by atoms with Crippen molar-refractivity contribution in [2.45, 2.75) is 162 Å². The summed E-state index contributed by atoms with van der Waals surface area (Å²) in [5.74, 6) is 0.969. The van der Waals surface area contributed by atoms with E-state index < -0.39 is 0 Å². The molecule has 0 fully saturated rings. The van der Waals surface area contributed by atoms with Crippen molar-refractivity contribution in [1.82, 2.24) is 4.90 Å². The van der Waals surface area contributed by atoms with E-state index in [2.05, 4.69) is 57.1 Å². The summed E-state index contributed by atoms with van der Waals surface area (Å²) in [5.41, 5.74) is 0. The van der Waals surface area contributed by atoms with Gasteiger partial charge in [-0.1, -0.05) is 147 Å². The van der Waals surface area contributed by atoms with Crippen LogP contribution in [0.25, 0.3) is 0 Å². The third kappa shape index (κ3) is 27.7. The summed E-state index contributed by atoms with van der Waals surface area (Å²) in [5, 5.41) is 0. The zero-order chi connectivity index (χ0) is 25.0. The molecule has 0 aliphatic carbocycles. The minimum Gasteiger partial charge on any atom is -0.309 e. The van der Waals surface area contributed by atoms with Gasteiger partial charge in [0.1, 0.15) is 0 Å². The van der Waals surface area contributed by atoms with Crippen molar-refractivity contribution < 1.29 is 0 Å². The second-order valence-corrected chi connectivity index (χ2v) is 11.1. The fourth-order valence-electron chi connectivity index (χ4n) is 4.86. The fraction of sp³-hybridized carbons (Fsp3) is 0.879. The Bertz CT molecular complexity index is 422. The molecule has 0 aromatic heterocycles. The van der Waals surface area contributed by atoms with Crippen molar-refractivity contribution in [3.8, 4) is 0 Å². The van der Waals surface area contributed by atoms with Crippen molar-refractivity contribution in [2.75, 3.05) is 20.6 Å². The van der Waals surface area contributed by atoms with Gasteiger partial charge in [-0.3, -0.25) is 0 Å². The summed E-state index contributed by atoms with van der Waals surface area (Å²) in [4.78, 5) is 2.37. The predicted octanol–water partition coefficient (Wildman–Crippen LogP) is 11.3. The van der Waals surface area contributed by atoms with E-state index in [1.807, 2.05) is 0 Å². The summed E-state index contributed by atoms with van der Waals surface area (Å²) in [6.45, 7) is 5.85. The third-order valence-electron chi connectivity index (χ3n) is 7.26. The Morgan fingerprint density at radius 2 is 0.882 bits per heavy atom. The van der Waals surface area contributed by atoms with E-state index in [-0.39, 0.29) is 0 Å². The molecule has 34 heavy (non-hydrogen) atoms. The lowest BCUT2D eigenvalue weighted by molar-refractivity contribution is 0.314. The normalized spacial score (nSPS) is 13.1. The number of allylic oxidation sites excluding steroid dienone is 4. The molecule has 1 heteroatoms. The van der Waals surface area contributed by atoms with Gasteiger partial charge < -0.3 is 4.90 Å². The van der Waals surface area contributed by atoms with Crippen molar-refractivity contribution in [2.24, 2.45) is 5.92 Å². The van der Waals surface area contributed by atoms with Crippen LogP contribution in [0.3, 0.4) is 0 Å². The van der Waals surface area contributed by atoms with E-state index >= 15 is 0 Å². The molecule has 0 bridgehead atoms. The highest BCUT2D eigenvalue weighted by Gasteiger charge is 2.09. The van der Waals surface area contributed by atoms with Crippen molar-refractivity contribution >= 4 is 0 Å². The lowest BCUT2D eigenvalue weighted by Gasteiger charge is -2.19. The number of hydrogen-bond acceptors (Lipinski definition) is 1. The summed E-state index contributed by atoms with van der Waals surface area (Å²) < 4.78 is 0. The molecule has 202 valence electrons. The molecule has 0 radical (unpaired) electrons. The minimum atomic E-state index is 0.969. The van der Waals surface area contributed by atoms with Gasteiger partial charge in [0.25, 0.3) is 0 Å². The van der Waals surface area contributed by atoms with Crippen LogP contribution >= 0.6 is 0 Å². The second-order valence-electron chi connectivity index (χ2n) is 11.1. The van der Waals surface area contributed by atoms with Crippen LogP contribution < -0.4 is 0 Å². The Balaban J connectivity index is 3.61. The van der Waals surface area contributed by atoms with E-state index in [1.54, 1.807) is 0 Å². The Kier molecular flexibility index (Phi) is 28.2. The van der Waals surface area contributed by atoms with Crippen LogP contribution in [-0.2, 0) is 0 Å². The zero-order valence-electron chi connectivity index (χ0n) is 24.3. The Labute approximate surface area is 217 Å². The average Bonchev–Trinajstić information content (AvgIpc) is 2.83. The Hall–Kier alpha value is -0.560. The van der Waals surface area contributed by atoms with Gasteiger partial charge in [-0.2, -0.15) is 0 Å². The molecule has 1 atom stereocenters. The number of rotatable bonds is 27. The van der Waals surface area contributed by atoms with Gasteiger partial charge in [0.05, 0.1) is 0 Å². The fourth-order valence-corrected chi connectivity index (χ4v) is 4.86. The quantitative estimate of drug-likeness (QED) is 0.0843. The standard InChI is InChI=1S/C33H65N/c1-5-7-9-11-13-14-15-16-17-18-19-20-21-22-24-26-28-30-33(31-32-34(3)4)29-27-25-23-12-10-8-6-2/h13-14,16-17,33H,5-12,15,18-32H2,1-4H3/b14-13-,17-16?. The molecule has 0 aliphatic rings. The summed E-state index contributed by atoms with van der Waals surface area (Å²) >= 11 is 0. The SMILES string of the molecule is CCCCC/C=C\CC=CCCCCCCCCCC(CCCCCCCCC)CCN(C)C. The lowest BCUT2D eigenvalue weighted by Crippen LogP contribution is -2.17. The maximum atomic E-state index is 2.40. The molecule has 0 rings (SSSR count). The van der Waals surface area contributed by atoms with Gasteiger partial charge in [-0.15, -0.1) is 0 Å². The van der Waals surface area contributed by atoms with Crippen LogP contribution in [-0.4, -0.2) is 25.5 Å². The minimum absolute atomic E-state index is 0.969. The van der Waals surface area contributed by atoms with Crippen molar-refractivity contribution in [3.05, 3.63) is 24.3 Å². The van der Waals surface area contributed by atoms with E-state index in [0.29, 0.717) is 0 Å². The molecular formula is C33H65N. The van der Waals surface area contributed by atoms with Crippen molar-refractivity contribution in [1.29, 1.82) is 0 Å². The first-order chi connectivity index (χ1) is 16.7. The molecule has 1 unspecified atom stereocenters. The molecule has 0 amide bonds. The van der Waals surface area contributed by atoms with Crippen LogP contribution in [0.15, 0.2) is 24.3 Å². The van der Waals surface area contributed by atoms with Gasteiger partial charge in [0, 0.05) is 0 Å². The van der Waals surface area contributed by atoms with E-state index in [4.69, 9.17) is 0 Å². The molecule has 0 spiro atoms. The van der Waals surface area contributed by atoms with Gasteiger partial charge >= 0.3 is 0 Å². The van der Waals surface area contributed by atoms with Gasteiger partial charge in [-0.25, -0.2) is 0 Å². The average molecular weight is 476 g/mol. The van der Waals surface area contributed by atoms with Gasteiger partial charge in [-0.05, 0) is 65.1 Å². The number of hydrogen-bond donors (Lipinski definition) is 0. The molecule has 0 aromatic rings. The number of unbranched alkanes of at least 4 members (excludes halogenated alkanes) is 16. The molecular weight excluding hydrogens is 410 g/mol. The maximum absolute atomic E-state index is 2.40. The van der Waals surface area contributed by atoms with E-state index in [0.717, 1.165) is 12.3 Å². The summed E-state index contributed by atoms with van der Waals surface area (Å²) in [6.07, 6.45) is 41.7. The van der Waals surface area contributed by atoms with E-state index in [1.165, 1.54) is 148 Å². The predicted molar refractivity (Wildman–Crippen MR) is 158 cm³/mol. The van der Waals surface area contributed by atoms with Gasteiger partial charge in [0.2, 0.25) is 0 Å². The Morgan fingerprint density at radius 3 is 1.38 bits per heavy atom. The monoisotopic (exact) mass is 476 g/mol. The smallest absolute Gasteiger partial charge is 0.00222 e. The largest absolute Gasteiger partial charge is 0.309 e. The zero-order valence-corrected chi connectivity index (χ0v) is 24.3. The van der Waals surface area contributed by atoms with Crippen LogP contribution in [0.4, 0.5) is 0 Å². The molecule has 0 saturated carbocycles. The molecule has 0 aliphatic heterocycles. The van der Waals surface area contributed by atoms with E-state index in [9.17, 15) is 0 Å². The molecule has 0 saturated heterocycles. The van der Waals surface area contributed by atoms with Crippen LogP contribution in [0.5, 0.6) is 0 Å². The van der Waals surface area contributed by atoms with Crippen LogP contribution in [0.2, 0.25) is 0 Å². The molecule has 1 nitrogen and oxygen atoms in total. The first-order valence-electron chi connectivity index (χ1n) is 15.6. The van der Waals surface area contributed by atoms with Crippen LogP contribution in [0.1, 0.15) is 162 Å². The molecule has 0 heterocycles. The first kappa shape index (κ1) is 33.4. The molecule has 0 N–H and O–H groups in total. The third-order valence-corrected chi connectivity index (χ3v) is 7.26. The highest BCUT2D eigenvalue weighted by atomic mass is 15.0. The topological polar surface area (TPSA) is 3.24 Å². The van der Waals surface area contributed by atoms with Crippen LogP contribution in [0, 0.1) is 5.92 Å². The summed E-state index contributed by atoms with van der Waals surface area (Å²) in [7, 11) is 4.46. The maximum Gasteiger partial charge on any atom is -0.00222 e. The number of nitrogens with zero attached hydrogens (tertiary/aromatic N) is 1. The van der Waals surface area contributed by atoms with Gasteiger partial charge in [0.15, 0.2) is 0 Å². The highest BCUT2D eigenvalue weighted by molar-refractivity contribution is 4.92. The second kappa shape index (κ2) is 28.7. The molecule has 0 aromatic carbocycles. The lowest BCUT2D eigenvalue weighted by atomic mass is 9.91. The van der Waals surface area contributed by atoms with Crippen molar-refractivity contribution in [3.63, 3.8) is 0 Å². The summed E-state index contributed by atoms with van der Waals surface area (Å²) in [6, 6.07) is 0.